The summed E-state index contributed by atoms with van der Waals surface area (Å²) < 4.78 is 9.90. The molecule has 26 heavy (non-hydrogen) atoms. The average Bonchev–Trinajstić information content (AvgIpc) is 2.60. The number of carbonyl (C=O) groups is 2. The molecule has 6 nitrogen and oxygen atoms in total. The smallest absolute Gasteiger partial charge is 0.407 e. The van der Waals surface area contributed by atoms with Gasteiger partial charge in [-0.25, -0.2) is 9.59 Å². The number of methoxy groups -OCH3 is 1. The SMILES string of the molecule is COC(=O)c1ccc(-c2ccnc(CCNC(=O)OC(C)(C)C)c2)cc1. The fourth-order valence-corrected chi connectivity index (χ4v) is 2.32. The molecule has 0 aliphatic carbocycles. The number of carbonyl (C=O) groups excluding carboxylic acids is 2. The van der Waals surface area contributed by atoms with Crippen LogP contribution >= 0.6 is 0 Å². The Kier molecular flexibility index (Phi) is 6.33. The predicted molar refractivity (Wildman–Crippen MR) is 99.0 cm³/mol. The van der Waals surface area contributed by atoms with E-state index in [9.17, 15) is 9.59 Å². The van der Waals surface area contributed by atoms with Gasteiger partial charge in [0.1, 0.15) is 5.60 Å². The molecule has 0 aliphatic heterocycles. The van der Waals surface area contributed by atoms with Gasteiger partial charge < -0.3 is 14.8 Å². The number of aromatic nitrogens is 1. The second-order valence-electron chi connectivity index (χ2n) is 6.78. The van der Waals surface area contributed by atoms with Gasteiger partial charge in [0.25, 0.3) is 0 Å². The van der Waals surface area contributed by atoms with Gasteiger partial charge in [-0.15, -0.1) is 0 Å². The summed E-state index contributed by atoms with van der Waals surface area (Å²) in [5, 5.41) is 2.72. The van der Waals surface area contributed by atoms with Gasteiger partial charge >= 0.3 is 12.1 Å². The van der Waals surface area contributed by atoms with Crippen LogP contribution in [0.3, 0.4) is 0 Å². The summed E-state index contributed by atoms with van der Waals surface area (Å²) in [6.45, 7) is 5.90. The molecule has 0 aliphatic rings. The van der Waals surface area contributed by atoms with Crippen LogP contribution in [0, 0.1) is 0 Å². The van der Waals surface area contributed by atoms with Crippen LogP contribution < -0.4 is 5.32 Å². The van der Waals surface area contributed by atoms with E-state index >= 15 is 0 Å². The molecule has 1 aromatic heterocycles. The molecule has 0 unspecified atom stereocenters. The maximum atomic E-state index is 11.7. The number of benzene rings is 1. The number of nitrogens with one attached hydrogen (secondary N) is 1. The molecule has 1 aromatic carbocycles. The van der Waals surface area contributed by atoms with Crippen molar-refractivity contribution in [2.75, 3.05) is 13.7 Å². The summed E-state index contributed by atoms with van der Waals surface area (Å²) in [6, 6.07) is 11.0. The normalized spacial score (nSPS) is 10.9. The summed E-state index contributed by atoms with van der Waals surface area (Å²) in [5.41, 5.74) is 2.81. The van der Waals surface area contributed by atoms with E-state index in [1.807, 2.05) is 45.0 Å². The number of ether oxygens (including phenoxy) is 2. The molecule has 0 radical (unpaired) electrons. The van der Waals surface area contributed by atoms with Gasteiger partial charge in [0.05, 0.1) is 12.7 Å². The van der Waals surface area contributed by atoms with Crippen LogP contribution in [0.4, 0.5) is 4.79 Å². The zero-order valence-electron chi connectivity index (χ0n) is 15.5. The van der Waals surface area contributed by atoms with Gasteiger partial charge in [0.2, 0.25) is 0 Å². The molecule has 0 atom stereocenters. The molecule has 2 aromatic rings. The Hall–Kier alpha value is -2.89. The van der Waals surface area contributed by atoms with Crippen molar-refractivity contribution in [3.63, 3.8) is 0 Å². The van der Waals surface area contributed by atoms with Crippen molar-refractivity contribution in [2.45, 2.75) is 32.8 Å². The second kappa shape index (κ2) is 8.47. The lowest BCUT2D eigenvalue weighted by atomic mass is 10.0. The van der Waals surface area contributed by atoms with E-state index in [-0.39, 0.29) is 5.97 Å². The largest absolute Gasteiger partial charge is 0.465 e. The Morgan fingerprint density at radius 2 is 1.77 bits per heavy atom. The number of hydrogen-bond acceptors (Lipinski definition) is 5. The minimum absolute atomic E-state index is 0.361. The highest BCUT2D eigenvalue weighted by Crippen LogP contribution is 2.20. The summed E-state index contributed by atoms with van der Waals surface area (Å²) >= 11 is 0. The van der Waals surface area contributed by atoms with E-state index in [1.54, 1.807) is 18.3 Å². The van der Waals surface area contributed by atoms with Crippen LogP contribution in [-0.4, -0.2) is 36.3 Å². The molecule has 0 fully saturated rings. The quantitative estimate of drug-likeness (QED) is 0.828. The zero-order valence-corrected chi connectivity index (χ0v) is 15.5. The Balaban J connectivity index is 1.97. The monoisotopic (exact) mass is 356 g/mol. The topological polar surface area (TPSA) is 77.5 Å². The fourth-order valence-electron chi connectivity index (χ4n) is 2.32. The van der Waals surface area contributed by atoms with Crippen molar-refractivity contribution in [1.29, 1.82) is 0 Å². The Morgan fingerprint density at radius 1 is 1.08 bits per heavy atom. The minimum Gasteiger partial charge on any atom is -0.465 e. The van der Waals surface area contributed by atoms with Crippen molar-refractivity contribution >= 4 is 12.1 Å². The van der Waals surface area contributed by atoms with Crippen LogP contribution in [0.5, 0.6) is 0 Å². The van der Waals surface area contributed by atoms with Crippen LogP contribution in [0.1, 0.15) is 36.8 Å². The van der Waals surface area contributed by atoms with Gasteiger partial charge in [-0.2, -0.15) is 0 Å². The standard InChI is InChI=1S/C20H24N2O4/c1-20(2,3)26-19(24)22-12-10-17-13-16(9-11-21-17)14-5-7-15(8-6-14)18(23)25-4/h5-9,11,13H,10,12H2,1-4H3,(H,22,24). The number of alkyl carbamates (subject to hydrolysis) is 1. The Bertz CT molecular complexity index is 764. The molecule has 2 rings (SSSR count). The highest BCUT2D eigenvalue weighted by molar-refractivity contribution is 5.89. The van der Waals surface area contributed by atoms with Crippen molar-refractivity contribution in [3.8, 4) is 11.1 Å². The first kappa shape index (κ1) is 19.4. The molecule has 138 valence electrons. The maximum absolute atomic E-state index is 11.7. The third-order valence-electron chi connectivity index (χ3n) is 3.51. The highest BCUT2D eigenvalue weighted by atomic mass is 16.6. The van der Waals surface area contributed by atoms with Crippen LogP contribution in [0.2, 0.25) is 0 Å². The van der Waals surface area contributed by atoms with Gasteiger partial charge in [-0.3, -0.25) is 4.98 Å². The second-order valence-corrected chi connectivity index (χ2v) is 6.78. The van der Waals surface area contributed by atoms with Crippen LogP contribution in [0.15, 0.2) is 42.6 Å². The lowest BCUT2D eigenvalue weighted by molar-refractivity contribution is 0.0527. The zero-order chi connectivity index (χ0) is 19.2. The first-order valence-electron chi connectivity index (χ1n) is 8.39. The molecule has 1 heterocycles. The Morgan fingerprint density at radius 3 is 2.38 bits per heavy atom. The number of pyridine rings is 1. The van der Waals surface area contributed by atoms with Gasteiger partial charge in [0.15, 0.2) is 0 Å². The minimum atomic E-state index is -0.515. The fraction of sp³-hybridized carbons (Fsp3) is 0.350. The van der Waals surface area contributed by atoms with Crippen molar-refractivity contribution in [2.24, 2.45) is 0 Å². The van der Waals surface area contributed by atoms with Gasteiger partial charge in [0, 0.05) is 24.9 Å². The van der Waals surface area contributed by atoms with E-state index in [0.29, 0.717) is 18.5 Å². The van der Waals surface area contributed by atoms with E-state index in [2.05, 4.69) is 10.3 Å². The lowest BCUT2D eigenvalue weighted by Crippen LogP contribution is -2.33. The molecule has 0 saturated carbocycles. The number of esters is 1. The van der Waals surface area contributed by atoms with Crippen molar-refractivity contribution < 1.29 is 19.1 Å². The number of amides is 1. The third kappa shape index (κ3) is 5.88. The highest BCUT2D eigenvalue weighted by Gasteiger charge is 2.15. The molecule has 0 saturated heterocycles. The first-order chi connectivity index (χ1) is 12.3. The van der Waals surface area contributed by atoms with E-state index in [0.717, 1.165) is 16.8 Å². The summed E-state index contributed by atoms with van der Waals surface area (Å²) in [7, 11) is 1.36. The Labute approximate surface area is 153 Å². The van der Waals surface area contributed by atoms with E-state index < -0.39 is 11.7 Å². The van der Waals surface area contributed by atoms with Gasteiger partial charge in [-0.1, -0.05) is 12.1 Å². The van der Waals surface area contributed by atoms with Crippen LogP contribution in [-0.2, 0) is 15.9 Å². The van der Waals surface area contributed by atoms with Crippen molar-refractivity contribution in [3.05, 3.63) is 53.9 Å². The predicted octanol–water partition coefficient (Wildman–Crippen LogP) is 3.60. The molecule has 1 amide bonds. The molecular formula is C20H24N2O4. The van der Waals surface area contributed by atoms with E-state index in [1.165, 1.54) is 7.11 Å². The lowest BCUT2D eigenvalue weighted by Gasteiger charge is -2.19. The van der Waals surface area contributed by atoms with E-state index in [4.69, 9.17) is 9.47 Å². The third-order valence-corrected chi connectivity index (χ3v) is 3.51. The molecule has 0 spiro atoms. The van der Waals surface area contributed by atoms with Crippen LogP contribution in [0.25, 0.3) is 11.1 Å². The number of rotatable bonds is 5. The van der Waals surface area contributed by atoms with Crippen molar-refractivity contribution in [1.82, 2.24) is 10.3 Å². The molecule has 1 N–H and O–H groups in total. The molecule has 6 heteroatoms. The number of nitrogens with zero attached hydrogens (tertiary/aromatic N) is 1. The molecule has 0 bridgehead atoms. The summed E-state index contributed by atoms with van der Waals surface area (Å²) in [6.07, 6.45) is 1.88. The molecular weight excluding hydrogens is 332 g/mol. The summed E-state index contributed by atoms with van der Waals surface area (Å²) in [4.78, 5) is 27.5. The number of hydrogen-bond donors (Lipinski definition) is 1. The maximum Gasteiger partial charge on any atom is 0.407 e. The average molecular weight is 356 g/mol. The summed E-state index contributed by atoms with van der Waals surface area (Å²) in [5.74, 6) is -0.361. The first-order valence-corrected chi connectivity index (χ1v) is 8.39. The van der Waals surface area contributed by atoms with Gasteiger partial charge in [-0.05, 0) is 56.2 Å².